The maximum atomic E-state index is 13.1. The topological polar surface area (TPSA) is 15.3 Å². The highest BCUT2D eigenvalue weighted by molar-refractivity contribution is 9.10. The normalized spacial score (nSPS) is 19.9. The van der Waals surface area contributed by atoms with E-state index in [4.69, 9.17) is 0 Å². The lowest BCUT2D eigenvalue weighted by Gasteiger charge is -2.34. The lowest BCUT2D eigenvalue weighted by atomic mass is 10.0. The Labute approximate surface area is 123 Å². The van der Waals surface area contributed by atoms with Gasteiger partial charge in [0.25, 0.3) is 0 Å². The number of nitrogens with one attached hydrogen (secondary N) is 1. The van der Waals surface area contributed by atoms with Gasteiger partial charge in [0.1, 0.15) is 5.82 Å². The standard InChI is InChI=1S/C15H22BrFN2/c1-2-8-19(14-4-3-7-18-10-14)11-12-5-6-13(17)9-15(12)16/h5-6,9,14,18H,2-4,7-8,10-11H2,1H3. The number of halogens is 2. The van der Waals surface area contributed by atoms with Gasteiger partial charge in [0, 0.05) is 23.6 Å². The van der Waals surface area contributed by atoms with E-state index in [1.807, 2.05) is 6.07 Å². The second-order valence-electron chi connectivity index (χ2n) is 5.21. The third-order valence-electron chi connectivity index (χ3n) is 3.69. The van der Waals surface area contributed by atoms with Crippen LogP contribution in [0.5, 0.6) is 0 Å². The number of hydrogen-bond acceptors (Lipinski definition) is 2. The lowest BCUT2D eigenvalue weighted by Crippen LogP contribution is -2.45. The summed E-state index contributed by atoms with van der Waals surface area (Å²) in [6, 6.07) is 5.59. The molecule has 0 aliphatic carbocycles. The highest BCUT2D eigenvalue weighted by Crippen LogP contribution is 2.22. The Balaban J connectivity index is 2.06. The Bertz CT molecular complexity index is 405. The van der Waals surface area contributed by atoms with Crippen LogP contribution in [0, 0.1) is 5.82 Å². The van der Waals surface area contributed by atoms with E-state index in [2.05, 4.69) is 33.1 Å². The van der Waals surface area contributed by atoms with Gasteiger partial charge in [-0.3, -0.25) is 4.90 Å². The zero-order chi connectivity index (χ0) is 13.7. The van der Waals surface area contributed by atoms with Crippen LogP contribution >= 0.6 is 15.9 Å². The molecule has 1 heterocycles. The van der Waals surface area contributed by atoms with Gasteiger partial charge >= 0.3 is 0 Å². The van der Waals surface area contributed by atoms with Crippen molar-refractivity contribution in [3.8, 4) is 0 Å². The molecule has 1 aliphatic rings. The Hall–Kier alpha value is -0.450. The summed E-state index contributed by atoms with van der Waals surface area (Å²) >= 11 is 3.47. The first-order valence-corrected chi connectivity index (χ1v) is 7.88. The summed E-state index contributed by atoms with van der Waals surface area (Å²) in [5.74, 6) is -0.183. The van der Waals surface area contributed by atoms with Gasteiger partial charge in [0.15, 0.2) is 0 Å². The maximum absolute atomic E-state index is 13.1. The van der Waals surface area contributed by atoms with Crippen molar-refractivity contribution in [3.05, 3.63) is 34.1 Å². The molecule has 0 saturated carbocycles. The summed E-state index contributed by atoms with van der Waals surface area (Å²) in [5, 5.41) is 3.47. The third-order valence-corrected chi connectivity index (χ3v) is 4.42. The molecule has 0 aromatic heterocycles. The highest BCUT2D eigenvalue weighted by atomic mass is 79.9. The Kier molecular flexibility index (Phi) is 5.79. The first-order chi connectivity index (χ1) is 9.20. The molecule has 1 atom stereocenters. The van der Waals surface area contributed by atoms with E-state index in [1.54, 1.807) is 12.1 Å². The largest absolute Gasteiger partial charge is 0.315 e. The molecule has 0 radical (unpaired) electrons. The number of nitrogens with zero attached hydrogens (tertiary/aromatic N) is 1. The summed E-state index contributed by atoms with van der Waals surface area (Å²) in [6.45, 7) is 6.40. The van der Waals surface area contributed by atoms with Crippen LogP contribution < -0.4 is 5.32 Å². The molecule has 2 rings (SSSR count). The average molecular weight is 329 g/mol. The van der Waals surface area contributed by atoms with Crippen molar-refractivity contribution >= 4 is 15.9 Å². The van der Waals surface area contributed by atoms with Gasteiger partial charge in [0.2, 0.25) is 0 Å². The minimum Gasteiger partial charge on any atom is -0.315 e. The molecular weight excluding hydrogens is 307 g/mol. The molecule has 1 aromatic carbocycles. The monoisotopic (exact) mass is 328 g/mol. The molecule has 1 N–H and O–H groups in total. The van der Waals surface area contributed by atoms with E-state index in [-0.39, 0.29) is 5.82 Å². The van der Waals surface area contributed by atoms with Crippen molar-refractivity contribution < 1.29 is 4.39 Å². The fraction of sp³-hybridized carbons (Fsp3) is 0.600. The van der Waals surface area contributed by atoms with Gasteiger partial charge in [-0.15, -0.1) is 0 Å². The smallest absolute Gasteiger partial charge is 0.124 e. The molecule has 1 unspecified atom stereocenters. The van der Waals surface area contributed by atoms with Gasteiger partial charge in [0.05, 0.1) is 0 Å². The zero-order valence-electron chi connectivity index (χ0n) is 11.5. The summed E-state index contributed by atoms with van der Waals surface area (Å²) in [5.41, 5.74) is 1.17. The summed E-state index contributed by atoms with van der Waals surface area (Å²) < 4.78 is 14.0. The minimum atomic E-state index is -0.183. The fourth-order valence-corrected chi connectivity index (χ4v) is 3.17. The Morgan fingerprint density at radius 2 is 2.32 bits per heavy atom. The van der Waals surface area contributed by atoms with Crippen molar-refractivity contribution in [1.29, 1.82) is 0 Å². The number of benzene rings is 1. The van der Waals surface area contributed by atoms with Crippen molar-refractivity contribution in [2.24, 2.45) is 0 Å². The lowest BCUT2D eigenvalue weighted by molar-refractivity contribution is 0.157. The van der Waals surface area contributed by atoms with Gasteiger partial charge < -0.3 is 5.32 Å². The predicted molar refractivity (Wildman–Crippen MR) is 80.7 cm³/mol. The van der Waals surface area contributed by atoms with Crippen LogP contribution in [0.15, 0.2) is 22.7 Å². The molecule has 0 spiro atoms. The second kappa shape index (κ2) is 7.36. The molecule has 1 aromatic rings. The van der Waals surface area contributed by atoms with Crippen LogP contribution in [0.3, 0.4) is 0 Å². The van der Waals surface area contributed by atoms with E-state index in [0.717, 1.165) is 37.1 Å². The van der Waals surface area contributed by atoms with Gasteiger partial charge in [-0.2, -0.15) is 0 Å². The van der Waals surface area contributed by atoms with Crippen LogP contribution in [-0.4, -0.2) is 30.6 Å². The van der Waals surface area contributed by atoms with Gasteiger partial charge in [-0.1, -0.05) is 28.9 Å². The van der Waals surface area contributed by atoms with E-state index >= 15 is 0 Å². The summed E-state index contributed by atoms with van der Waals surface area (Å²) in [6.07, 6.45) is 3.65. The van der Waals surface area contributed by atoms with Crippen molar-refractivity contribution in [1.82, 2.24) is 10.2 Å². The number of hydrogen-bond donors (Lipinski definition) is 1. The zero-order valence-corrected chi connectivity index (χ0v) is 13.0. The van der Waals surface area contributed by atoms with Crippen LogP contribution in [0.2, 0.25) is 0 Å². The predicted octanol–water partition coefficient (Wildman–Crippen LogP) is 3.55. The molecule has 0 bridgehead atoms. The molecule has 0 amide bonds. The molecule has 4 heteroatoms. The molecule has 1 fully saturated rings. The van der Waals surface area contributed by atoms with Crippen LogP contribution in [0.4, 0.5) is 4.39 Å². The first kappa shape index (κ1) is 14.9. The van der Waals surface area contributed by atoms with E-state index in [1.165, 1.54) is 18.4 Å². The Morgan fingerprint density at radius 1 is 1.47 bits per heavy atom. The third kappa shape index (κ3) is 4.26. The Morgan fingerprint density at radius 3 is 2.95 bits per heavy atom. The number of rotatable bonds is 5. The number of piperidine rings is 1. The summed E-state index contributed by atoms with van der Waals surface area (Å²) in [7, 11) is 0. The van der Waals surface area contributed by atoms with Crippen LogP contribution in [-0.2, 0) is 6.54 Å². The van der Waals surface area contributed by atoms with E-state index in [9.17, 15) is 4.39 Å². The van der Waals surface area contributed by atoms with Crippen molar-refractivity contribution in [3.63, 3.8) is 0 Å². The summed E-state index contributed by atoms with van der Waals surface area (Å²) in [4.78, 5) is 2.52. The average Bonchev–Trinajstić information content (AvgIpc) is 2.42. The first-order valence-electron chi connectivity index (χ1n) is 7.09. The van der Waals surface area contributed by atoms with Gasteiger partial charge in [-0.05, 0) is 50.0 Å². The molecular formula is C15H22BrFN2. The molecule has 106 valence electrons. The van der Waals surface area contributed by atoms with E-state index in [0.29, 0.717) is 6.04 Å². The quantitative estimate of drug-likeness (QED) is 0.889. The molecule has 1 aliphatic heterocycles. The van der Waals surface area contributed by atoms with Crippen molar-refractivity contribution in [2.45, 2.75) is 38.8 Å². The van der Waals surface area contributed by atoms with Crippen LogP contribution in [0.1, 0.15) is 31.7 Å². The van der Waals surface area contributed by atoms with Crippen LogP contribution in [0.25, 0.3) is 0 Å². The fourth-order valence-electron chi connectivity index (χ4n) is 2.69. The minimum absolute atomic E-state index is 0.183. The second-order valence-corrected chi connectivity index (χ2v) is 6.06. The highest BCUT2D eigenvalue weighted by Gasteiger charge is 2.21. The maximum Gasteiger partial charge on any atom is 0.124 e. The molecule has 19 heavy (non-hydrogen) atoms. The van der Waals surface area contributed by atoms with E-state index < -0.39 is 0 Å². The molecule has 2 nitrogen and oxygen atoms in total. The van der Waals surface area contributed by atoms with Crippen molar-refractivity contribution in [2.75, 3.05) is 19.6 Å². The van der Waals surface area contributed by atoms with Gasteiger partial charge in [-0.25, -0.2) is 4.39 Å². The SMILES string of the molecule is CCCN(Cc1ccc(F)cc1Br)C1CCCNC1. The molecule has 1 saturated heterocycles.